The van der Waals surface area contributed by atoms with Crippen LogP contribution in [0.1, 0.15) is 5.56 Å². The summed E-state index contributed by atoms with van der Waals surface area (Å²) in [7, 11) is -4.04. The Balaban J connectivity index is 2.65. The molecule has 1 aromatic heterocycles. The van der Waals surface area contributed by atoms with Crippen LogP contribution in [0.15, 0.2) is 40.0 Å². The monoisotopic (exact) mass is 334 g/mol. The molecule has 0 aliphatic heterocycles. The number of hydrogen-bond donors (Lipinski definition) is 0. The molecule has 3 nitrogen and oxygen atoms in total. The first-order valence-corrected chi connectivity index (χ1v) is 6.95. The first-order valence-electron chi connectivity index (χ1n) is 4.72. The van der Waals surface area contributed by atoms with Gasteiger partial charge in [-0.05, 0) is 46.6 Å². The lowest BCUT2D eigenvalue weighted by Gasteiger charge is -2.07. The number of benzene rings is 1. The van der Waals surface area contributed by atoms with E-state index in [4.69, 9.17) is 0 Å². The minimum absolute atomic E-state index is 0.233. The summed E-state index contributed by atoms with van der Waals surface area (Å²) in [4.78, 5) is -0.462. The molecule has 1 heterocycles. The van der Waals surface area contributed by atoms with Crippen molar-refractivity contribution in [3.05, 3.63) is 59.2 Å². The zero-order chi connectivity index (χ0) is 13.5. The highest BCUT2D eigenvalue weighted by atomic mass is 79.9. The highest BCUT2D eigenvalue weighted by molar-refractivity contribution is 9.10. The largest absolute Gasteiger partial charge is 0.268 e. The van der Waals surface area contributed by atoms with Crippen molar-refractivity contribution in [2.45, 2.75) is 4.90 Å². The van der Waals surface area contributed by atoms with Crippen LogP contribution in [0.5, 0.6) is 0 Å². The predicted octanol–water partition coefficient (Wildman–Crippen LogP) is 2.95. The Bertz CT molecular complexity index is 690. The molecule has 0 N–H and O–H groups in total. The van der Waals surface area contributed by atoms with Crippen LogP contribution in [0.2, 0.25) is 0 Å². The fourth-order valence-electron chi connectivity index (χ4n) is 1.44. The normalized spacial score (nSPS) is 11.8. The Labute approximate surface area is 111 Å². The van der Waals surface area contributed by atoms with Crippen molar-refractivity contribution in [3.63, 3.8) is 0 Å². The summed E-state index contributed by atoms with van der Waals surface area (Å²) >= 11 is 3.04. The Hall–Kier alpha value is -1.21. The van der Waals surface area contributed by atoms with Gasteiger partial charge in [0.1, 0.15) is 16.2 Å². The van der Waals surface area contributed by atoms with Gasteiger partial charge in [-0.15, -0.1) is 0 Å². The number of nitrogens with zero attached hydrogens (tertiary/aromatic N) is 1. The smallest absolute Gasteiger partial charge is 0.235 e. The number of halogens is 3. The molecule has 0 fully saturated rings. The van der Waals surface area contributed by atoms with E-state index in [0.717, 1.165) is 16.1 Å². The Kier molecular flexibility index (Phi) is 3.29. The van der Waals surface area contributed by atoms with Gasteiger partial charge >= 0.3 is 0 Å². The molecule has 2 aromatic rings. The Morgan fingerprint density at radius 2 is 1.67 bits per heavy atom. The van der Waals surface area contributed by atoms with E-state index in [1.165, 1.54) is 12.3 Å². The second-order valence-corrected chi connectivity index (χ2v) is 6.20. The van der Waals surface area contributed by atoms with E-state index in [1.54, 1.807) is 0 Å². The second kappa shape index (κ2) is 4.47. The third kappa shape index (κ3) is 2.32. The van der Waals surface area contributed by atoms with E-state index in [9.17, 15) is 17.2 Å². The van der Waals surface area contributed by atoms with Crippen molar-refractivity contribution < 1.29 is 17.2 Å². The lowest BCUT2D eigenvalue weighted by Crippen LogP contribution is -2.12. The molecule has 1 aromatic carbocycles. The van der Waals surface area contributed by atoms with Crippen LogP contribution in [0.25, 0.3) is 0 Å². The first-order chi connectivity index (χ1) is 8.30. The maximum atomic E-state index is 13.0. The highest BCUT2D eigenvalue weighted by Gasteiger charge is 2.21. The van der Waals surface area contributed by atoms with E-state index in [0.29, 0.717) is 11.6 Å². The number of aromatic nitrogens is 1. The highest BCUT2D eigenvalue weighted by Crippen LogP contribution is 2.23. The lowest BCUT2D eigenvalue weighted by molar-refractivity contribution is 0.563. The summed E-state index contributed by atoms with van der Waals surface area (Å²) in [6, 6.07) is 3.60. The molecular formula is C11H7BrF2NO2S. The van der Waals surface area contributed by atoms with Gasteiger partial charge in [0.2, 0.25) is 0 Å². The van der Waals surface area contributed by atoms with E-state index in [-0.39, 0.29) is 4.60 Å². The molecule has 0 saturated carbocycles. The zero-order valence-electron chi connectivity index (χ0n) is 8.90. The van der Waals surface area contributed by atoms with Gasteiger partial charge in [0.05, 0.1) is 4.90 Å². The van der Waals surface area contributed by atoms with Crippen molar-refractivity contribution in [1.82, 2.24) is 3.97 Å². The molecule has 2 rings (SSSR count). The average molecular weight is 335 g/mol. The summed E-state index contributed by atoms with van der Waals surface area (Å²) in [5.41, 5.74) is 0.460. The molecule has 7 heteroatoms. The maximum absolute atomic E-state index is 13.0. The molecule has 0 atom stereocenters. The molecular weight excluding hydrogens is 328 g/mol. The maximum Gasteiger partial charge on any atom is 0.268 e. The molecule has 0 aliphatic rings. The van der Waals surface area contributed by atoms with Crippen LogP contribution in [-0.2, 0) is 10.0 Å². The summed E-state index contributed by atoms with van der Waals surface area (Å²) < 4.78 is 51.5. The van der Waals surface area contributed by atoms with Gasteiger partial charge in [-0.3, -0.25) is 0 Å². The molecule has 0 saturated heterocycles. The van der Waals surface area contributed by atoms with Crippen LogP contribution < -0.4 is 0 Å². The van der Waals surface area contributed by atoms with Gasteiger partial charge < -0.3 is 0 Å². The Morgan fingerprint density at radius 3 is 2.11 bits per heavy atom. The number of hydrogen-bond acceptors (Lipinski definition) is 2. The number of rotatable bonds is 2. The van der Waals surface area contributed by atoms with E-state index < -0.39 is 26.6 Å². The van der Waals surface area contributed by atoms with Gasteiger partial charge in [0.25, 0.3) is 10.0 Å². The van der Waals surface area contributed by atoms with Crippen LogP contribution in [0, 0.1) is 18.6 Å². The third-order valence-electron chi connectivity index (χ3n) is 2.19. The quantitative estimate of drug-likeness (QED) is 0.847. The van der Waals surface area contributed by atoms with Gasteiger partial charge in [-0.25, -0.2) is 21.2 Å². The zero-order valence-corrected chi connectivity index (χ0v) is 11.3. The minimum atomic E-state index is -4.04. The molecule has 0 bridgehead atoms. The predicted molar refractivity (Wildman–Crippen MR) is 65.5 cm³/mol. The summed E-state index contributed by atoms with van der Waals surface area (Å²) in [5, 5.41) is 0. The average Bonchev–Trinajstić information content (AvgIpc) is 2.57. The summed E-state index contributed by atoms with van der Waals surface area (Å²) in [6.45, 7) is 3.58. The molecule has 95 valence electrons. The third-order valence-corrected chi connectivity index (χ3v) is 4.69. The first kappa shape index (κ1) is 13.2. The van der Waals surface area contributed by atoms with Crippen molar-refractivity contribution in [2.24, 2.45) is 0 Å². The van der Waals surface area contributed by atoms with Crippen LogP contribution in [0.4, 0.5) is 8.78 Å². The van der Waals surface area contributed by atoms with Gasteiger partial charge in [0, 0.05) is 12.3 Å². The molecule has 1 radical (unpaired) electrons. The fourth-order valence-corrected chi connectivity index (χ4v) is 3.72. The van der Waals surface area contributed by atoms with Crippen molar-refractivity contribution in [3.8, 4) is 0 Å². The minimum Gasteiger partial charge on any atom is -0.235 e. The van der Waals surface area contributed by atoms with Gasteiger partial charge in [-0.2, -0.15) is 0 Å². The van der Waals surface area contributed by atoms with E-state index >= 15 is 0 Å². The van der Waals surface area contributed by atoms with E-state index in [1.807, 2.05) is 0 Å². The second-order valence-electron chi connectivity index (χ2n) is 3.58. The fraction of sp³-hybridized carbons (Fsp3) is 0. The van der Waals surface area contributed by atoms with Crippen LogP contribution in [-0.4, -0.2) is 12.4 Å². The summed E-state index contributed by atoms with van der Waals surface area (Å²) in [6.07, 6.45) is 1.25. The van der Waals surface area contributed by atoms with Crippen molar-refractivity contribution >= 4 is 26.0 Å². The molecule has 0 amide bonds. The molecule has 0 unspecified atom stereocenters. The lowest BCUT2D eigenvalue weighted by atomic mass is 10.3. The molecule has 0 aliphatic carbocycles. The van der Waals surface area contributed by atoms with Gasteiger partial charge in [0.15, 0.2) is 0 Å². The topological polar surface area (TPSA) is 39.1 Å². The summed E-state index contributed by atoms with van der Waals surface area (Å²) in [5.74, 6) is -1.90. The Morgan fingerprint density at radius 1 is 1.11 bits per heavy atom. The van der Waals surface area contributed by atoms with Crippen molar-refractivity contribution in [2.75, 3.05) is 0 Å². The van der Waals surface area contributed by atoms with Crippen LogP contribution >= 0.6 is 15.9 Å². The SMILES string of the molecule is [CH2]c1cc(Br)n(S(=O)(=O)c2cc(F)cc(F)c2)c1. The molecule has 18 heavy (non-hydrogen) atoms. The standard InChI is InChI=1S/C11H7BrF2NO2S/c1-7-2-11(12)15(6-7)18(16,17)10-4-8(13)3-9(14)5-10/h2-6H,1H2. The van der Waals surface area contributed by atoms with Crippen molar-refractivity contribution in [1.29, 1.82) is 0 Å². The van der Waals surface area contributed by atoms with Crippen LogP contribution in [0.3, 0.4) is 0 Å². The molecule has 0 spiro atoms. The van der Waals surface area contributed by atoms with E-state index in [2.05, 4.69) is 22.9 Å². The van der Waals surface area contributed by atoms with Gasteiger partial charge in [-0.1, -0.05) is 0 Å².